The molecular formula is C18H20BrFN2O. The van der Waals surface area contributed by atoms with E-state index in [4.69, 9.17) is 0 Å². The Morgan fingerprint density at radius 2 is 1.87 bits per heavy atom. The van der Waals surface area contributed by atoms with E-state index in [0.29, 0.717) is 5.69 Å². The maximum absolute atomic E-state index is 13.3. The van der Waals surface area contributed by atoms with Crippen LogP contribution < -0.4 is 10.6 Å². The monoisotopic (exact) mass is 378 g/mol. The van der Waals surface area contributed by atoms with E-state index in [0.717, 1.165) is 15.6 Å². The van der Waals surface area contributed by atoms with E-state index >= 15 is 0 Å². The average molecular weight is 379 g/mol. The van der Waals surface area contributed by atoms with Crippen LogP contribution in [0.3, 0.4) is 0 Å². The molecule has 0 aromatic heterocycles. The van der Waals surface area contributed by atoms with Crippen LogP contribution in [0.15, 0.2) is 46.9 Å². The zero-order valence-electron chi connectivity index (χ0n) is 13.4. The number of amides is 1. The van der Waals surface area contributed by atoms with Gasteiger partial charge < -0.3 is 5.32 Å². The number of hydrogen-bond acceptors (Lipinski definition) is 2. The smallest absolute Gasteiger partial charge is 0.241 e. The van der Waals surface area contributed by atoms with Gasteiger partial charge in [-0.05, 0) is 50.1 Å². The second-order valence-electron chi connectivity index (χ2n) is 5.58. The number of nitrogens with one attached hydrogen (secondary N) is 2. The second-order valence-corrected chi connectivity index (χ2v) is 6.43. The Kier molecular flexibility index (Phi) is 5.91. The van der Waals surface area contributed by atoms with Crippen molar-refractivity contribution in [2.45, 2.75) is 32.9 Å². The van der Waals surface area contributed by atoms with Crippen molar-refractivity contribution in [1.82, 2.24) is 5.32 Å². The molecule has 0 bridgehead atoms. The number of carbonyl (C=O) groups excluding carboxylic acids is 1. The third-order valence-electron chi connectivity index (χ3n) is 3.72. The van der Waals surface area contributed by atoms with Crippen LogP contribution in [0, 0.1) is 12.7 Å². The van der Waals surface area contributed by atoms with Gasteiger partial charge in [0.2, 0.25) is 5.91 Å². The number of carbonyl (C=O) groups is 1. The summed E-state index contributed by atoms with van der Waals surface area (Å²) < 4.78 is 14.3. The Hall–Kier alpha value is -1.72. The first-order chi connectivity index (χ1) is 10.9. The summed E-state index contributed by atoms with van der Waals surface area (Å²) in [5.74, 6) is -0.564. The molecule has 0 radical (unpaired) electrons. The lowest BCUT2D eigenvalue weighted by atomic mass is 10.1. The first kappa shape index (κ1) is 17.6. The molecule has 0 spiro atoms. The van der Waals surface area contributed by atoms with Gasteiger partial charge in [-0.2, -0.15) is 0 Å². The normalized spacial score (nSPS) is 13.4. The van der Waals surface area contributed by atoms with Crippen LogP contribution in [0.4, 0.5) is 10.1 Å². The maximum atomic E-state index is 13.3. The molecule has 0 heterocycles. The standard InChI is InChI=1S/C18H20BrFN2O/c1-11-8-9-14(20)10-17(11)22-18(23)13(3)21-12(2)15-6-4-5-7-16(15)19/h4-10,12-13,21H,1-3H3,(H,22,23). The highest BCUT2D eigenvalue weighted by Crippen LogP contribution is 2.23. The summed E-state index contributed by atoms with van der Waals surface area (Å²) in [6.07, 6.45) is 0. The predicted octanol–water partition coefficient (Wildman–Crippen LogP) is 4.57. The molecule has 2 rings (SSSR count). The van der Waals surface area contributed by atoms with Gasteiger partial charge in [-0.15, -0.1) is 0 Å². The van der Waals surface area contributed by atoms with Gasteiger partial charge in [0.25, 0.3) is 0 Å². The number of hydrogen-bond donors (Lipinski definition) is 2. The van der Waals surface area contributed by atoms with Gasteiger partial charge in [-0.1, -0.05) is 40.2 Å². The van der Waals surface area contributed by atoms with Crippen LogP contribution in [-0.2, 0) is 4.79 Å². The third-order valence-corrected chi connectivity index (χ3v) is 4.44. The lowest BCUT2D eigenvalue weighted by molar-refractivity contribution is -0.117. The Balaban J connectivity index is 2.02. The van der Waals surface area contributed by atoms with Gasteiger partial charge in [0, 0.05) is 16.2 Å². The van der Waals surface area contributed by atoms with Crippen LogP contribution >= 0.6 is 15.9 Å². The Morgan fingerprint density at radius 1 is 1.17 bits per heavy atom. The fraction of sp³-hybridized carbons (Fsp3) is 0.278. The molecular weight excluding hydrogens is 359 g/mol. The Morgan fingerprint density at radius 3 is 2.57 bits per heavy atom. The summed E-state index contributed by atoms with van der Waals surface area (Å²) in [6.45, 7) is 5.62. The van der Waals surface area contributed by atoms with E-state index in [-0.39, 0.29) is 17.8 Å². The van der Waals surface area contributed by atoms with Crippen molar-refractivity contribution < 1.29 is 9.18 Å². The maximum Gasteiger partial charge on any atom is 0.241 e. The Bertz CT molecular complexity index is 705. The summed E-state index contributed by atoms with van der Waals surface area (Å²) in [5, 5.41) is 6.02. The lowest BCUT2D eigenvalue weighted by Crippen LogP contribution is -2.39. The first-order valence-corrected chi connectivity index (χ1v) is 8.25. The highest BCUT2D eigenvalue weighted by atomic mass is 79.9. The van der Waals surface area contributed by atoms with E-state index in [1.807, 2.05) is 38.1 Å². The molecule has 0 aliphatic carbocycles. The van der Waals surface area contributed by atoms with E-state index in [9.17, 15) is 9.18 Å². The van der Waals surface area contributed by atoms with Gasteiger partial charge in [0.05, 0.1) is 6.04 Å². The van der Waals surface area contributed by atoms with Crippen molar-refractivity contribution in [3.8, 4) is 0 Å². The van der Waals surface area contributed by atoms with E-state index < -0.39 is 6.04 Å². The molecule has 0 aliphatic heterocycles. The molecule has 2 aromatic carbocycles. The van der Waals surface area contributed by atoms with Crippen molar-refractivity contribution >= 4 is 27.5 Å². The molecule has 0 aliphatic rings. The first-order valence-electron chi connectivity index (χ1n) is 7.46. The van der Waals surface area contributed by atoms with Crippen LogP contribution in [0.2, 0.25) is 0 Å². The highest BCUT2D eigenvalue weighted by molar-refractivity contribution is 9.10. The molecule has 2 unspecified atom stereocenters. The Labute approximate surface area is 144 Å². The highest BCUT2D eigenvalue weighted by Gasteiger charge is 2.18. The van der Waals surface area contributed by atoms with Crippen LogP contribution in [0.1, 0.15) is 31.0 Å². The molecule has 122 valence electrons. The molecule has 2 aromatic rings. The average Bonchev–Trinajstić information content (AvgIpc) is 2.51. The number of anilines is 1. The zero-order chi connectivity index (χ0) is 17.0. The van der Waals surface area contributed by atoms with Crippen LogP contribution in [-0.4, -0.2) is 11.9 Å². The molecule has 3 nitrogen and oxygen atoms in total. The molecule has 2 N–H and O–H groups in total. The number of aryl methyl sites for hydroxylation is 1. The largest absolute Gasteiger partial charge is 0.324 e. The third kappa shape index (κ3) is 4.62. The van der Waals surface area contributed by atoms with Gasteiger partial charge >= 0.3 is 0 Å². The zero-order valence-corrected chi connectivity index (χ0v) is 14.9. The fourth-order valence-electron chi connectivity index (χ4n) is 2.34. The van der Waals surface area contributed by atoms with Crippen molar-refractivity contribution in [2.75, 3.05) is 5.32 Å². The van der Waals surface area contributed by atoms with E-state index in [1.54, 1.807) is 13.0 Å². The minimum absolute atomic E-state index is 0.0000635. The van der Waals surface area contributed by atoms with Crippen molar-refractivity contribution in [1.29, 1.82) is 0 Å². The van der Waals surface area contributed by atoms with E-state index in [2.05, 4.69) is 26.6 Å². The van der Waals surface area contributed by atoms with Gasteiger partial charge in [-0.25, -0.2) is 4.39 Å². The SMILES string of the molecule is Cc1ccc(F)cc1NC(=O)C(C)NC(C)c1ccccc1Br. The lowest BCUT2D eigenvalue weighted by Gasteiger charge is -2.21. The topological polar surface area (TPSA) is 41.1 Å². The van der Waals surface area contributed by atoms with Crippen molar-refractivity contribution in [3.05, 3.63) is 63.9 Å². The summed E-state index contributed by atoms with van der Waals surface area (Å²) in [7, 11) is 0. The van der Waals surface area contributed by atoms with Gasteiger partial charge in [0.15, 0.2) is 0 Å². The molecule has 23 heavy (non-hydrogen) atoms. The van der Waals surface area contributed by atoms with Gasteiger partial charge in [-0.3, -0.25) is 10.1 Å². The molecule has 5 heteroatoms. The quantitative estimate of drug-likeness (QED) is 0.799. The summed E-state index contributed by atoms with van der Waals surface area (Å²) in [6, 6.07) is 11.8. The molecule has 0 saturated heterocycles. The van der Waals surface area contributed by atoms with Crippen molar-refractivity contribution in [3.63, 3.8) is 0 Å². The predicted molar refractivity (Wildman–Crippen MR) is 94.9 cm³/mol. The number of rotatable bonds is 5. The summed E-state index contributed by atoms with van der Waals surface area (Å²) >= 11 is 3.51. The number of halogens is 2. The number of benzene rings is 2. The van der Waals surface area contributed by atoms with Gasteiger partial charge in [0.1, 0.15) is 5.82 Å². The molecule has 1 amide bonds. The van der Waals surface area contributed by atoms with Crippen LogP contribution in [0.25, 0.3) is 0 Å². The minimum atomic E-state index is -0.417. The summed E-state index contributed by atoms with van der Waals surface area (Å²) in [4.78, 5) is 12.3. The van der Waals surface area contributed by atoms with E-state index in [1.165, 1.54) is 12.1 Å². The second kappa shape index (κ2) is 7.70. The molecule has 2 atom stereocenters. The van der Waals surface area contributed by atoms with Crippen LogP contribution in [0.5, 0.6) is 0 Å². The minimum Gasteiger partial charge on any atom is -0.324 e. The molecule has 0 saturated carbocycles. The fourth-order valence-corrected chi connectivity index (χ4v) is 2.96. The molecule has 0 fully saturated rings. The summed E-state index contributed by atoms with van der Waals surface area (Å²) in [5.41, 5.74) is 2.40. The van der Waals surface area contributed by atoms with Crippen molar-refractivity contribution in [2.24, 2.45) is 0 Å².